The molecule has 19 heavy (non-hydrogen) atoms. The van der Waals surface area contributed by atoms with E-state index in [1.54, 1.807) is 12.4 Å². The molecule has 2 heterocycles. The number of hydrogen-bond donors (Lipinski definition) is 2. The van der Waals surface area contributed by atoms with Crippen molar-refractivity contribution in [1.29, 1.82) is 0 Å². The molecule has 2 aromatic heterocycles. The van der Waals surface area contributed by atoms with Crippen LogP contribution in [0.15, 0.2) is 24.8 Å². The summed E-state index contributed by atoms with van der Waals surface area (Å²) in [6.07, 6.45) is 8.30. The number of rotatable bonds is 3. The normalized spacial score (nSPS) is 14.1. The zero-order valence-corrected chi connectivity index (χ0v) is 10.1. The number of carbonyl (C=O) groups excluding carboxylic acids is 1. The van der Waals surface area contributed by atoms with Crippen LogP contribution in [0.2, 0.25) is 0 Å². The molecular weight excluding hydrogens is 244 g/mol. The molecule has 0 unspecified atom stereocenters. The van der Waals surface area contributed by atoms with E-state index >= 15 is 0 Å². The van der Waals surface area contributed by atoms with E-state index in [0.717, 1.165) is 18.7 Å². The molecule has 0 radical (unpaired) electrons. The third-order valence-corrected chi connectivity index (χ3v) is 2.81. The standard InChI is InChI=1S/C12H12N6O/c13-10-9(14-3-4-15-10)12(19)18-8-5-16-11(17-6-8)7-1-2-7/h3-7H,1-2H2,(H2,13,15)(H,18,19). The molecule has 1 amide bonds. The van der Waals surface area contributed by atoms with Gasteiger partial charge in [0, 0.05) is 18.3 Å². The van der Waals surface area contributed by atoms with Crippen LogP contribution in [0.5, 0.6) is 0 Å². The number of hydrogen-bond acceptors (Lipinski definition) is 6. The summed E-state index contributed by atoms with van der Waals surface area (Å²) in [7, 11) is 0. The number of nitrogens with zero attached hydrogens (tertiary/aromatic N) is 4. The Bertz CT molecular complexity index is 608. The first-order valence-electron chi connectivity index (χ1n) is 5.94. The highest BCUT2D eigenvalue weighted by Crippen LogP contribution is 2.37. The van der Waals surface area contributed by atoms with Crippen molar-refractivity contribution in [2.24, 2.45) is 0 Å². The quantitative estimate of drug-likeness (QED) is 0.847. The van der Waals surface area contributed by atoms with Gasteiger partial charge in [-0.1, -0.05) is 0 Å². The van der Waals surface area contributed by atoms with Gasteiger partial charge in [0.2, 0.25) is 0 Å². The first-order chi connectivity index (χ1) is 9.24. The molecule has 7 nitrogen and oxygen atoms in total. The van der Waals surface area contributed by atoms with Gasteiger partial charge in [0.1, 0.15) is 5.82 Å². The van der Waals surface area contributed by atoms with Crippen molar-refractivity contribution in [1.82, 2.24) is 19.9 Å². The molecule has 96 valence electrons. The third kappa shape index (κ3) is 2.49. The van der Waals surface area contributed by atoms with Gasteiger partial charge in [0.25, 0.3) is 5.91 Å². The van der Waals surface area contributed by atoms with Crippen LogP contribution in [0.3, 0.4) is 0 Å². The first-order valence-corrected chi connectivity index (χ1v) is 5.94. The molecule has 1 fully saturated rings. The summed E-state index contributed by atoms with van der Waals surface area (Å²) in [6.45, 7) is 0. The number of nitrogens with two attached hydrogens (primary N) is 1. The summed E-state index contributed by atoms with van der Waals surface area (Å²) in [5.41, 5.74) is 6.19. The van der Waals surface area contributed by atoms with Gasteiger partial charge >= 0.3 is 0 Å². The van der Waals surface area contributed by atoms with E-state index in [2.05, 4.69) is 25.3 Å². The van der Waals surface area contributed by atoms with Gasteiger partial charge in [0.15, 0.2) is 11.5 Å². The number of aromatic nitrogens is 4. The minimum atomic E-state index is -0.423. The molecule has 1 aliphatic rings. The molecule has 0 aromatic carbocycles. The summed E-state index contributed by atoms with van der Waals surface area (Å²) in [5.74, 6) is 0.987. The van der Waals surface area contributed by atoms with Crippen molar-refractivity contribution in [3.63, 3.8) is 0 Å². The van der Waals surface area contributed by atoms with Crippen LogP contribution in [0, 0.1) is 0 Å². The Morgan fingerprint density at radius 3 is 2.47 bits per heavy atom. The lowest BCUT2D eigenvalue weighted by atomic mass is 10.3. The molecule has 0 spiro atoms. The lowest BCUT2D eigenvalue weighted by Gasteiger charge is -2.05. The Morgan fingerprint density at radius 1 is 1.16 bits per heavy atom. The van der Waals surface area contributed by atoms with E-state index in [-0.39, 0.29) is 11.5 Å². The van der Waals surface area contributed by atoms with Gasteiger partial charge in [0.05, 0.1) is 18.1 Å². The average Bonchev–Trinajstić information content (AvgIpc) is 3.24. The highest BCUT2D eigenvalue weighted by molar-refractivity contribution is 6.05. The molecule has 3 N–H and O–H groups in total. The van der Waals surface area contributed by atoms with E-state index in [4.69, 9.17) is 5.73 Å². The van der Waals surface area contributed by atoms with Crippen molar-refractivity contribution in [3.8, 4) is 0 Å². The number of amides is 1. The maximum absolute atomic E-state index is 11.9. The van der Waals surface area contributed by atoms with Crippen LogP contribution < -0.4 is 11.1 Å². The second-order valence-corrected chi connectivity index (χ2v) is 4.35. The maximum Gasteiger partial charge on any atom is 0.278 e. The Kier molecular flexibility index (Phi) is 2.79. The summed E-state index contributed by atoms with van der Waals surface area (Å²) < 4.78 is 0. The van der Waals surface area contributed by atoms with Crippen LogP contribution in [0.25, 0.3) is 0 Å². The van der Waals surface area contributed by atoms with E-state index in [9.17, 15) is 4.79 Å². The van der Waals surface area contributed by atoms with Crippen LogP contribution in [0.4, 0.5) is 11.5 Å². The van der Waals surface area contributed by atoms with E-state index in [1.165, 1.54) is 12.4 Å². The van der Waals surface area contributed by atoms with Crippen LogP contribution >= 0.6 is 0 Å². The van der Waals surface area contributed by atoms with Gasteiger partial charge in [-0.05, 0) is 12.8 Å². The highest BCUT2D eigenvalue weighted by Gasteiger charge is 2.26. The predicted molar refractivity (Wildman–Crippen MR) is 68.4 cm³/mol. The fourth-order valence-electron chi connectivity index (χ4n) is 1.67. The highest BCUT2D eigenvalue weighted by atomic mass is 16.1. The van der Waals surface area contributed by atoms with E-state index in [0.29, 0.717) is 11.6 Å². The number of nitrogen functional groups attached to an aromatic ring is 1. The minimum Gasteiger partial charge on any atom is -0.382 e. The molecule has 0 atom stereocenters. The SMILES string of the molecule is Nc1nccnc1C(=O)Nc1cnc(C2CC2)nc1. The second kappa shape index (κ2) is 4.60. The Morgan fingerprint density at radius 2 is 1.84 bits per heavy atom. The monoisotopic (exact) mass is 256 g/mol. The second-order valence-electron chi connectivity index (χ2n) is 4.35. The Hall–Kier alpha value is -2.57. The topological polar surface area (TPSA) is 107 Å². The lowest BCUT2D eigenvalue weighted by molar-refractivity contribution is 0.102. The van der Waals surface area contributed by atoms with Gasteiger partial charge in [-0.3, -0.25) is 4.79 Å². The lowest BCUT2D eigenvalue weighted by Crippen LogP contribution is -2.17. The third-order valence-electron chi connectivity index (χ3n) is 2.81. The summed E-state index contributed by atoms with van der Waals surface area (Å²) in [6, 6.07) is 0. The van der Waals surface area contributed by atoms with E-state index in [1.807, 2.05) is 0 Å². The smallest absolute Gasteiger partial charge is 0.278 e. The summed E-state index contributed by atoms with van der Waals surface area (Å²) >= 11 is 0. The Labute approximate surface area is 109 Å². The summed E-state index contributed by atoms with van der Waals surface area (Å²) in [5, 5.41) is 2.64. The number of anilines is 2. The zero-order valence-electron chi connectivity index (χ0n) is 10.1. The average molecular weight is 256 g/mol. The molecule has 0 bridgehead atoms. The van der Waals surface area contributed by atoms with Crippen molar-refractivity contribution in [2.75, 3.05) is 11.1 Å². The van der Waals surface area contributed by atoms with Crippen LogP contribution in [0.1, 0.15) is 35.1 Å². The number of carbonyl (C=O) groups is 1. The largest absolute Gasteiger partial charge is 0.382 e. The molecular formula is C12H12N6O. The molecule has 3 rings (SSSR count). The van der Waals surface area contributed by atoms with Crippen LogP contribution in [-0.2, 0) is 0 Å². The minimum absolute atomic E-state index is 0.0915. The molecule has 2 aromatic rings. The fourth-order valence-corrected chi connectivity index (χ4v) is 1.67. The Balaban J connectivity index is 1.74. The van der Waals surface area contributed by atoms with Gasteiger partial charge in [-0.2, -0.15) is 0 Å². The van der Waals surface area contributed by atoms with Gasteiger partial charge in [-0.15, -0.1) is 0 Å². The molecule has 1 saturated carbocycles. The molecule has 7 heteroatoms. The summed E-state index contributed by atoms with van der Waals surface area (Å²) in [4.78, 5) is 28.1. The molecule has 0 aliphatic heterocycles. The zero-order chi connectivity index (χ0) is 13.2. The van der Waals surface area contributed by atoms with Gasteiger partial charge in [-0.25, -0.2) is 19.9 Å². The van der Waals surface area contributed by atoms with Gasteiger partial charge < -0.3 is 11.1 Å². The fraction of sp³-hybridized carbons (Fsp3) is 0.250. The molecule has 1 aliphatic carbocycles. The first kappa shape index (κ1) is 11.5. The number of nitrogens with one attached hydrogen (secondary N) is 1. The van der Waals surface area contributed by atoms with Crippen molar-refractivity contribution in [2.45, 2.75) is 18.8 Å². The maximum atomic E-state index is 11.9. The van der Waals surface area contributed by atoms with E-state index < -0.39 is 5.91 Å². The molecule has 0 saturated heterocycles. The van der Waals surface area contributed by atoms with Crippen LogP contribution in [-0.4, -0.2) is 25.8 Å². The van der Waals surface area contributed by atoms with Crippen molar-refractivity contribution in [3.05, 3.63) is 36.3 Å². The van der Waals surface area contributed by atoms with Crippen molar-refractivity contribution >= 4 is 17.4 Å². The predicted octanol–water partition coefficient (Wildman–Crippen LogP) is 0.979. The van der Waals surface area contributed by atoms with Crippen molar-refractivity contribution < 1.29 is 4.79 Å².